The molecule has 1 N–H and O–H groups in total. The molecule has 1 aromatic rings. The number of hydrogen-bond donors (Lipinski definition) is 1. The van der Waals surface area contributed by atoms with Crippen LogP contribution in [0.2, 0.25) is 5.02 Å². The van der Waals surface area contributed by atoms with Gasteiger partial charge in [-0.2, -0.15) is 0 Å². The summed E-state index contributed by atoms with van der Waals surface area (Å²) in [4.78, 5) is 14.4. The van der Waals surface area contributed by atoms with Gasteiger partial charge in [-0.3, -0.25) is 4.79 Å². The van der Waals surface area contributed by atoms with E-state index in [-0.39, 0.29) is 5.91 Å². The number of carbonyl (C=O) groups excluding carboxylic acids is 1. The van der Waals surface area contributed by atoms with Gasteiger partial charge in [0.1, 0.15) is 5.75 Å². The number of halogens is 1. The highest BCUT2D eigenvalue weighted by atomic mass is 35.5. The molecular formula is C15H21ClN2O2. The van der Waals surface area contributed by atoms with Crippen molar-refractivity contribution >= 4 is 17.5 Å². The first kappa shape index (κ1) is 15.1. The van der Waals surface area contributed by atoms with Crippen LogP contribution in [0.5, 0.6) is 5.75 Å². The van der Waals surface area contributed by atoms with Crippen LogP contribution >= 0.6 is 11.6 Å². The molecule has 2 rings (SSSR count). The third kappa shape index (κ3) is 3.64. The molecule has 1 aliphatic heterocycles. The normalized spacial score (nSPS) is 16.4. The summed E-state index contributed by atoms with van der Waals surface area (Å²) in [7, 11) is 0. The van der Waals surface area contributed by atoms with Crippen LogP contribution in [0.1, 0.15) is 20.3 Å². The highest BCUT2D eigenvalue weighted by Gasteiger charge is 2.31. The Morgan fingerprint density at radius 2 is 2.30 bits per heavy atom. The van der Waals surface area contributed by atoms with Gasteiger partial charge in [-0.15, -0.1) is 0 Å². The fourth-order valence-corrected chi connectivity index (χ4v) is 2.42. The van der Waals surface area contributed by atoms with E-state index in [1.165, 1.54) is 0 Å². The first-order valence-corrected chi connectivity index (χ1v) is 7.43. The van der Waals surface area contributed by atoms with Crippen molar-refractivity contribution in [2.75, 3.05) is 19.6 Å². The van der Waals surface area contributed by atoms with Crippen LogP contribution in [0.3, 0.4) is 0 Å². The lowest BCUT2D eigenvalue weighted by Crippen LogP contribution is -2.60. The van der Waals surface area contributed by atoms with Crippen molar-refractivity contribution in [3.8, 4) is 5.75 Å². The maximum atomic E-state index is 12.5. The predicted octanol–water partition coefficient (Wildman–Crippen LogP) is 2.32. The van der Waals surface area contributed by atoms with Crippen LogP contribution in [0, 0.1) is 0 Å². The molecule has 1 aromatic carbocycles. The van der Waals surface area contributed by atoms with E-state index in [2.05, 4.69) is 12.2 Å². The molecule has 5 heteroatoms. The average molecular weight is 297 g/mol. The van der Waals surface area contributed by atoms with Gasteiger partial charge in [0.15, 0.2) is 6.10 Å². The molecule has 1 unspecified atom stereocenters. The zero-order chi connectivity index (χ0) is 14.5. The third-order valence-electron chi connectivity index (χ3n) is 3.40. The Morgan fingerprint density at radius 3 is 2.85 bits per heavy atom. The summed E-state index contributed by atoms with van der Waals surface area (Å²) < 4.78 is 5.71. The molecule has 1 saturated heterocycles. The molecule has 0 saturated carbocycles. The summed E-state index contributed by atoms with van der Waals surface area (Å²) >= 11 is 5.92. The summed E-state index contributed by atoms with van der Waals surface area (Å²) in [6, 6.07) is 7.43. The summed E-state index contributed by atoms with van der Waals surface area (Å²) in [5, 5.41) is 3.81. The van der Waals surface area contributed by atoms with Gasteiger partial charge < -0.3 is 15.0 Å². The molecule has 0 aromatic heterocycles. The minimum Gasteiger partial charge on any atom is -0.481 e. The van der Waals surface area contributed by atoms with Crippen molar-refractivity contribution in [3.63, 3.8) is 0 Å². The van der Waals surface area contributed by atoms with Gasteiger partial charge in [0.2, 0.25) is 0 Å². The van der Waals surface area contributed by atoms with Crippen LogP contribution in [-0.4, -0.2) is 42.6 Å². The van der Waals surface area contributed by atoms with Crippen molar-refractivity contribution in [3.05, 3.63) is 29.3 Å². The van der Waals surface area contributed by atoms with Gasteiger partial charge in [-0.1, -0.05) is 24.6 Å². The minimum atomic E-state index is -0.499. The number of carbonyl (C=O) groups is 1. The van der Waals surface area contributed by atoms with Crippen LogP contribution in [0.4, 0.5) is 0 Å². The van der Waals surface area contributed by atoms with Crippen LogP contribution in [0.25, 0.3) is 0 Å². The Morgan fingerprint density at radius 1 is 1.55 bits per heavy atom. The number of ether oxygens (including phenoxy) is 1. The van der Waals surface area contributed by atoms with Crippen LogP contribution in [0.15, 0.2) is 24.3 Å². The van der Waals surface area contributed by atoms with E-state index >= 15 is 0 Å². The molecule has 0 bridgehead atoms. The average Bonchev–Trinajstić information content (AvgIpc) is 2.35. The van der Waals surface area contributed by atoms with Gasteiger partial charge in [0.25, 0.3) is 5.91 Å². The highest BCUT2D eigenvalue weighted by Crippen LogP contribution is 2.19. The Labute approximate surface area is 125 Å². The number of benzene rings is 1. The van der Waals surface area contributed by atoms with Crippen molar-refractivity contribution < 1.29 is 9.53 Å². The largest absolute Gasteiger partial charge is 0.481 e. The molecule has 110 valence electrons. The first-order chi connectivity index (χ1) is 9.61. The lowest BCUT2D eigenvalue weighted by molar-refractivity contribution is -0.141. The number of nitrogens with zero attached hydrogens (tertiary/aromatic N) is 1. The van der Waals surface area contributed by atoms with E-state index in [0.29, 0.717) is 16.8 Å². The lowest BCUT2D eigenvalue weighted by Gasteiger charge is -2.39. The van der Waals surface area contributed by atoms with Gasteiger partial charge >= 0.3 is 0 Å². The van der Waals surface area contributed by atoms with Crippen molar-refractivity contribution in [2.24, 2.45) is 0 Å². The highest BCUT2D eigenvalue weighted by molar-refractivity contribution is 6.30. The zero-order valence-electron chi connectivity index (χ0n) is 11.9. The van der Waals surface area contributed by atoms with E-state index in [4.69, 9.17) is 16.3 Å². The van der Waals surface area contributed by atoms with E-state index < -0.39 is 6.10 Å². The summed E-state index contributed by atoms with van der Waals surface area (Å²) in [5.74, 6) is 0.667. The second-order valence-electron chi connectivity index (χ2n) is 5.06. The lowest BCUT2D eigenvalue weighted by atomic mass is 10.1. The van der Waals surface area contributed by atoms with Gasteiger partial charge in [0, 0.05) is 24.7 Å². The Balaban J connectivity index is 1.99. The van der Waals surface area contributed by atoms with Crippen LogP contribution in [-0.2, 0) is 4.79 Å². The van der Waals surface area contributed by atoms with E-state index in [0.717, 1.165) is 26.1 Å². The molecule has 0 aliphatic carbocycles. The van der Waals surface area contributed by atoms with E-state index in [9.17, 15) is 4.79 Å². The molecular weight excluding hydrogens is 276 g/mol. The second-order valence-corrected chi connectivity index (χ2v) is 5.50. The van der Waals surface area contributed by atoms with Gasteiger partial charge in [-0.25, -0.2) is 0 Å². The van der Waals surface area contributed by atoms with E-state index in [1.54, 1.807) is 19.1 Å². The zero-order valence-corrected chi connectivity index (χ0v) is 12.7. The van der Waals surface area contributed by atoms with Crippen molar-refractivity contribution in [2.45, 2.75) is 32.4 Å². The number of hydrogen-bond acceptors (Lipinski definition) is 3. The maximum absolute atomic E-state index is 12.5. The Bertz CT molecular complexity index is 463. The molecule has 1 fully saturated rings. The molecule has 1 atom stereocenters. The summed E-state index contributed by atoms with van der Waals surface area (Å²) in [5.41, 5.74) is 0. The number of rotatable bonds is 6. The summed E-state index contributed by atoms with van der Waals surface area (Å²) in [6.07, 6.45) is 0.451. The monoisotopic (exact) mass is 296 g/mol. The van der Waals surface area contributed by atoms with Crippen molar-refractivity contribution in [1.29, 1.82) is 0 Å². The number of nitrogens with one attached hydrogen (secondary N) is 1. The molecule has 1 amide bonds. The topological polar surface area (TPSA) is 41.6 Å². The smallest absolute Gasteiger partial charge is 0.263 e. The predicted molar refractivity (Wildman–Crippen MR) is 80.2 cm³/mol. The molecule has 4 nitrogen and oxygen atoms in total. The molecule has 0 spiro atoms. The quantitative estimate of drug-likeness (QED) is 0.876. The SMILES string of the molecule is CCCN(C(=O)C(C)Oc1cccc(Cl)c1)C1CNC1. The first-order valence-electron chi connectivity index (χ1n) is 7.05. The second kappa shape index (κ2) is 6.95. The Hall–Kier alpha value is -1.26. The molecule has 0 radical (unpaired) electrons. The number of amides is 1. The molecule has 20 heavy (non-hydrogen) atoms. The van der Waals surface area contributed by atoms with Gasteiger partial charge in [0.05, 0.1) is 6.04 Å². The summed E-state index contributed by atoms with van der Waals surface area (Å²) in [6.45, 7) is 6.38. The fraction of sp³-hybridized carbons (Fsp3) is 0.533. The van der Waals surface area contributed by atoms with E-state index in [1.807, 2.05) is 17.0 Å². The molecule has 1 aliphatic rings. The fourth-order valence-electron chi connectivity index (χ4n) is 2.24. The standard InChI is InChI=1S/C15H21ClN2O2/c1-3-7-18(13-9-17-10-13)15(19)11(2)20-14-6-4-5-12(16)8-14/h4-6,8,11,13,17H,3,7,9-10H2,1-2H3. The molecule has 1 heterocycles. The minimum absolute atomic E-state index is 0.0401. The third-order valence-corrected chi connectivity index (χ3v) is 3.64. The van der Waals surface area contributed by atoms with Gasteiger partial charge in [-0.05, 0) is 31.5 Å². The Kier molecular flexibility index (Phi) is 5.26. The maximum Gasteiger partial charge on any atom is 0.263 e. The van der Waals surface area contributed by atoms with Crippen LogP contribution < -0.4 is 10.1 Å². The van der Waals surface area contributed by atoms with Crippen molar-refractivity contribution in [1.82, 2.24) is 10.2 Å².